The number of ether oxygens (including phenoxy) is 1. The summed E-state index contributed by atoms with van der Waals surface area (Å²) in [5.74, 6) is 2.11. The lowest BCUT2D eigenvalue weighted by molar-refractivity contribution is 0.450. The normalized spacial score (nSPS) is 10.8. The first kappa shape index (κ1) is 18.7. The molecule has 0 aliphatic rings. The van der Waals surface area contributed by atoms with E-state index in [0.29, 0.717) is 11.0 Å². The molecule has 5 heteroatoms. The van der Waals surface area contributed by atoms with Gasteiger partial charge in [0.15, 0.2) is 5.16 Å². The Morgan fingerprint density at radius 3 is 2.58 bits per heavy atom. The van der Waals surface area contributed by atoms with E-state index in [0.717, 1.165) is 39.8 Å². The van der Waals surface area contributed by atoms with E-state index in [1.165, 1.54) is 5.56 Å². The smallest absolute Gasteiger partial charge is 0.223 e. The van der Waals surface area contributed by atoms with Crippen molar-refractivity contribution in [3.63, 3.8) is 0 Å². The second-order valence-corrected chi connectivity index (χ2v) is 7.43. The van der Waals surface area contributed by atoms with Crippen molar-refractivity contribution in [2.45, 2.75) is 38.1 Å². The number of nitrogens with zero attached hydrogens (tertiary/aromatic N) is 2. The number of aromatic nitrogens is 2. The molecule has 0 aliphatic heterocycles. The SMILES string of the molecule is CCc1cc(Oc2ccc(C)cc2C)nc(SCc2ccccc2Cl)n1. The summed E-state index contributed by atoms with van der Waals surface area (Å²) in [6.45, 7) is 6.18. The van der Waals surface area contributed by atoms with Crippen molar-refractivity contribution in [1.29, 1.82) is 0 Å². The largest absolute Gasteiger partial charge is 0.439 e. The number of hydrogen-bond acceptors (Lipinski definition) is 4. The number of aryl methyl sites for hydroxylation is 3. The van der Waals surface area contributed by atoms with Gasteiger partial charge < -0.3 is 4.74 Å². The van der Waals surface area contributed by atoms with Gasteiger partial charge in [-0.3, -0.25) is 0 Å². The molecule has 0 spiro atoms. The van der Waals surface area contributed by atoms with Gasteiger partial charge in [0.1, 0.15) is 5.75 Å². The topological polar surface area (TPSA) is 35.0 Å². The van der Waals surface area contributed by atoms with Crippen LogP contribution in [0.5, 0.6) is 11.6 Å². The van der Waals surface area contributed by atoms with Gasteiger partial charge in [-0.15, -0.1) is 0 Å². The number of benzene rings is 2. The van der Waals surface area contributed by atoms with Crippen LogP contribution in [0.2, 0.25) is 5.02 Å². The van der Waals surface area contributed by atoms with Crippen molar-refractivity contribution < 1.29 is 4.74 Å². The van der Waals surface area contributed by atoms with Crippen LogP contribution < -0.4 is 4.74 Å². The first-order valence-corrected chi connectivity index (χ1v) is 9.90. The van der Waals surface area contributed by atoms with Crippen LogP contribution in [-0.2, 0) is 12.2 Å². The zero-order valence-corrected chi connectivity index (χ0v) is 16.7. The molecule has 3 nitrogen and oxygen atoms in total. The number of hydrogen-bond donors (Lipinski definition) is 0. The van der Waals surface area contributed by atoms with Gasteiger partial charge in [0.05, 0.1) is 0 Å². The van der Waals surface area contributed by atoms with Crippen molar-refractivity contribution in [3.05, 3.63) is 75.9 Å². The molecule has 0 aliphatic carbocycles. The molecule has 0 atom stereocenters. The molecular formula is C21H21ClN2OS. The summed E-state index contributed by atoms with van der Waals surface area (Å²) in [5.41, 5.74) is 4.33. The lowest BCUT2D eigenvalue weighted by Gasteiger charge is -2.11. The van der Waals surface area contributed by atoms with Gasteiger partial charge in [-0.05, 0) is 43.5 Å². The Balaban J connectivity index is 1.81. The average Bonchev–Trinajstić information content (AvgIpc) is 2.63. The molecule has 0 unspecified atom stereocenters. The van der Waals surface area contributed by atoms with Crippen LogP contribution in [0.15, 0.2) is 53.7 Å². The highest BCUT2D eigenvalue weighted by Gasteiger charge is 2.09. The van der Waals surface area contributed by atoms with E-state index >= 15 is 0 Å². The molecule has 0 radical (unpaired) electrons. The van der Waals surface area contributed by atoms with E-state index in [1.807, 2.05) is 49.4 Å². The summed E-state index contributed by atoms with van der Waals surface area (Å²) in [4.78, 5) is 9.18. The highest BCUT2D eigenvalue weighted by Crippen LogP contribution is 2.29. The van der Waals surface area contributed by atoms with Crippen LogP contribution in [0.1, 0.15) is 29.3 Å². The number of halogens is 1. The summed E-state index contributed by atoms with van der Waals surface area (Å²) in [6, 6.07) is 15.9. The van der Waals surface area contributed by atoms with Crippen LogP contribution in [-0.4, -0.2) is 9.97 Å². The van der Waals surface area contributed by atoms with Crippen molar-refractivity contribution >= 4 is 23.4 Å². The van der Waals surface area contributed by atoms with E-state index in [4.69, 9.17) is 16.3 Å². The number of thioether (sulfide) groups is 1. The minimum absolute atomic E-state index is 0.575. The molecule has 0 fully saturated rings. The van der Waals surface area contributed by atoms with E-state index < -0.39 is 0 Å². The molecule has 0 N–H and O–H groups in total. The Labute approximate surface area is 163 Å². The summed E-state index contributed by atoms with van der Waals surface area (Å²) < 4.78 is 6.03. The highest BCUT2D eigenvalue weighted by atomic mass is 35.5. The minimum Gasteiger partial charge on any atom is -0.439 e. The zero-order valence-electron chi connectivity index (χ0n) is 15.1. The van der Waals surface area contributed by atoms with Crippen LogP contribution in [0.4, 0.5) is 0 Å². The monoisotopic (exact) mass is 384 g/mol. The second-order valence-electron chi connectivity index (χ2n) is 6.08. The van der Waals surface area contributed by atoms with Crippen molar-refractivity contribution in [3.8, 4) is 11.6 Å². The predicted octanol–water partition coefficient (Wildman–Crippen LogP) is 6.39. The van der Waals surface area contributed by atoms with Crippen molar-refractivity contribution in [2.24, 2.45) is 0 Å². The fourth-order valence-electron chi connectivity index (χ4n) is 2.53. The Morgan fingerprint density at radius 2 is 1.85 bits per heavy atom. The molecular weight excluding hydrogens is 364 g/mol. The lowest BCUT2D eigenvalue weighted by Crippen LogP contribution is -1.98. The fraction of sp³-hybridized carbons (Fsp3) is 0.238. The molecule has 26 heavy (non-hydrogen) atoms. The third-order valence-electron chi connectivity index (χ3n) is 3.96. The summed E-state index contributed by atoms with van der Waals surface area (Å²) in [7, 11) is 0. The van der Waals surface area contributed by atoms with Gasteiger partial charge in [-0.1, -0.05) is 66.2 Å². The third kappa shape index (κ3) is 4.77. The Kier molecular flexibility index (Phi) is 6.17. The fourth-order valence-corrected chi connectivity index (χ4v) is 3.69. The van der Waals surface area contributed by atoms with Crippen molar-refractivity contribution in [2.75, 3.05) is 0 Å². The Bertz CT molecular complexity index is 914. The van der Waals surface area contributed by atoms with Crippen LogP contribution in [0.25, 0.3) is 0 Å². The first-order valence-electron chi connectivity index (χ1n) is 8.54. The molecule has 3 rings (SSSR count). The molecule has 0 amide bonds. The molecule has 1 aromatic heterocycles. The van der Waals surface area contributed by atoms with E-state index in [2.05, 4.69) is 29.9 Å². The van der Waals surface area contributed by atoms with Gasteiger partial charge in [0.2, 0.25) is 5.88 Å². The molecule has 0 saturated heterocycles. The Morgan fingerprint density at radius 1 is 1.04 bits per heavy atom. The van der Waals surface area contributed by atoms with E-state index in [9.17, 15) is 0 Å². The molecule has 3 aromatic rings. The minimum atomic E-state index is 0.575. The highest BCUT2D eigenvalue weighted by molar-refractivity contribution is 7.98. The first-order chi connectivity index (χ1) is 12.5. The van der Waals surface area contributed by atoms with Crippen LogP contribution in [0.3, 0.4) is 0 Å². The summed E-state index contributed by atoms with van der Waals surface area (Å²) in [6.07, 6.45) is 0.825. The van der Waals surface area contributed by atoms with Gasteiger partial charge in [0.25, 0.3) is 0 Å². The summed E-state index contributed by atoms with van der Waals surface area (Å²) in [5, 5.41) is 1.46. The molecule has 1 heterocycles. The maximum atomic E-state index is 6.24. The average molecular weight is 385 g/mol. The lowest BCUT2D eigenvalue weighted by atomic mass is 10.1. The standard InChI is InChI=1S/C21H21ClN2OS/c1-4-17-12-20(25-19-10-9-14(2)11-15(19)3)24-21(23-17)26-13-16-7-5-6-8-18(16)22/h5-12H,4,13H2,1-3H3. The van der Waals surface area contributed by atoms with Gasteiger partial charge in [-0.2, -0.15) is 4.98 Å². The summed E-state index contributed by atoms with van der Waals surface area (Å²) >= 11 is 7.80. The quantitative estimate of drug-likeness (QED) is 0.364. The maximum absolute atomic E-state index is 6.24. The number of rotatable bonds is 6. The Hall–Kier alpha value is -2.04. The van der Waals surface area contributed by atoms with E-state index in [-0.39, 0.29) is 0 Å². The van der Waals surface area contributed by atoms with Crippen LogP contribution >= 0.6 is 23.4 Å². The molecule has 2 aromatic carbocycles. The van der Waals surface area contributed by atoms with Gasteiger partial charge in [0, 0.05) is 22.5 Å². The van der Waals surface area contributed by atoms with Gasteiger partial charge >= 0.3 is 0 Å². The zero-order chi connectivity index (χ0) is 18.5. The maximum Gasteiger partial charge on any atom is 0.223 e. The van der Waals surface area contributed by atoms with E-state index in [1.54, 1.807) is 11.8 Å². The van der Waals surface area contributed by atoms with Crippen LogP contribution in [0, 0.1) is 13.8 Å². The molecule has 0 bridgehead atoms. The van der Waals surface area contributed by atoms with Gasteiger partial charge in [-0.25, -0.2) is 4.98 Å². The van der Waals surface area contributed by atoms with Crippen molar-refractivity contribution in [1.82, 2.24) is 9.97 Å². The second kappa shape index (κ2) is 8.56. The molecule has 134 valence electrons. The predicted molar refractivity (Wildman–Crippen MR) is 108 cm³/mol. The third-order valence-corrected chi connectivity index (χ3v) is 5.22. The molecule has 0 saturated carbocycles.